The van der Waals surface area contributed by atoms with Gasteiger partial charge in [-0.2, -0.15) is 0 Å². The lowest BCUT2D eigenvalue weighted by atomic mass is 10.2. The van der Waals surface area contributed by atoms with Crippen molar-refractivity contribution in [2.45, 2.75) is 0 Å². The molecule has 0 saturated heterocycles. The molecule has 5 nitrogen and oxygen atoms in total. The highest BCUT2D eigenvalue weighted by atomic mass is 32.2. The second-order valence-electron chi connectivity index (χ2n) is 4.91. The van der Waals surface area contributed by atoms with Crippen molar-refractivity contribution >= 4 is 33.4 Å². The van der Waals surface area contributed by atoms with Crippen LogP contribution in [0.5, 0.6) is 0 Å². The minimum atomic E-state index is -3.44. The third-order valence-corrected chi connectivity index (χ3v) is 3.44. The van der Waals surface area contributed by atoms with Crippen LogP contribution >= 0.6 is 0 Å². The standard InChI is InChI=1S/C16H14F2N2O3S/c1-24(22,23)20-12-5-2-4-11(10-12)19-16(21)9-8-13-14(17)6-3-7-15(13)18/h2-10,20H,1H3,(H,19,21). The molecule has 0 saturated carbocycles. The van der Waals surface area contributed by atoms with Crippen LogP contribution < -0.4 is 10.0 Å². The first-order valence-electron chi connectivity index (χ1n) is 6.75. The highest BCUT2D eigenvalue weighted by molar-refractivity contribution is 7.92. The SMILES string of the molecule is CS(=O)(=O)Nc1cccc(NC(=O)C=Cc2c(F)cccc2F)c1. The molecule has 0 aliphatic rings. The average Bonchev–Trinajstić information content (AvgIpc) is 2.45. The third kappa shape index (κ3) is 5.17. The minimum Gasteiger partial charge on any atom is -0.322 e. The predicted molar refractivity (Wildman–Crippen MR) is 88.9 cm³/mol. The zero-order chi connectivity index (χ0) is 17.7. The molecular formula is C16H14F2N2O3S. The van der Waals surface area contributed by atoms with E-state index in [9.17, 15) is 22.0 Å². The molecule has 0 aliphatic heterocycles. The molecule has 2 rings (SSSR count). The second kappa shape index (κ2) is 7.22. The van der Waals surface area contributed by atoms with Crippen LogP contribution in [-0.4, -0.2) is 20.6 Å². The summed E-state index contributed by atoms with van der Waals surface area (Å²) in [5.74, 6) is -2.18. The molecule has 126 valence electrons. The monoisotopic (exact) mass is 352 g/mol. The van der Waals surface area contributed by atoms with E-state index in [0.717, 1.165) is 30.5 Å². The van der Waals surface area contributed by atoms with Gasteiger partial charge in [-0.1, -0.05) is 12.1 Å². The van der Waals surface area contributed by atoms with Gasteiger partial charge in [0, 0.05) is 17.3 Å². The molecular weight excluding hydrogens is 338 g/mol. The summed E-state index contributed by atoms with van der Waals surface area (Å²) in [6, 6.07) is 9.41. The van der Waals surface area contributed by atoms with Gasteiger partial charge in [-0.25, -0.2) is 17.2 Å². The van der Waals surface area contributed by atoms with Crippen LogP contribution in [0.25, 0.3) is 6.08 Å². The van der Waals surface area contributed by atoms with Gasteiger partial charge < -0.3 is 5.32 Å². The lowest BCUT2D eigenvalue weighted by Gasteiger charge is -2.07. The van der Waals surface area contributed by atoms with Gasteiger partial charge in [0.1, 0.15) is 11.6 Å². The molecule has 2 aromatic carbocycles. The van der Waals surface area contributed by atoms with Crippen LogP contribution in [0.4, 0.5) is 20.2 Å². The zero-order valence-electron chi connectivity index (χ0n) is 12.6. The Balaban J connectivity index is 2.10. The Hall–Kier alpha value is -2.74. The lowest BCUT2D eigenvalue weighted by molar-refractivity contribution is -0.111. The highest BCUT2D eigenvalue weighted by Gasteiger charge is 2.06. The van der Waals surface area contributed by atoms with Gasteiger partial charge in [0.15, 0.2) is 0 Å². The molecule has 0 radical (unpaired) electrons. The minimum absolute atomic E-state index is 0.277. The van der Waals surface area contributed by atoms with Crippen molar-refractivity contribution in [2.24, 2.45) is 0 Å². The fourth-order valence-electron chi connectivity index (χ4n) is 1.89. The van der Waals surface area contributed by atoms with Crippen LogP contribution in [0.3, 0.4) is 0 Å². The van der Waals surface area contributed by atoms with Crippen molar-refractivity contribution in [3.8, 4) is 0 Å². The smallest absolute Gasteiger partial charge is 0.248 e. The zero-order valence-corrected chi connectivity index (χ0v) is 13.4. The van der Waals surface area contributed by atoms with Crippen LogP contribution in [-0.2, 0) is 14.8 Å². The average molecular weight is 352 g/mol. The number of carbonyl (C=O) groups excluding carboxylic acids is 1. The Kier molecular flexibility index (Phi) is 5.30. The third-order valence-electron chi connectivity index (χ3n) is 2.83. The summed E-state index contributed by atoms with van der Waals surface area (Å²) in [6.45, 7) is 0. The Morgan fingerprint density at radius 3 is 2.25 bits per heavy atom. The first-order chi connectivity index (χ1) is 11.2. The van der Waals surface area contributed by atoms with E-state index >= 15 is 0 Å². The van der Waals surface area contributed by atoms with E-state index in [1.54, 1.807) is 12.1 Å². The molecule has 24 heavy (non-hydrogen) atoms. The Morgan fingerprint density at radius 1 is 1.04 bits per heavy atom. The molecule has 0 aromatic heterocycles. The number of benzene rings is 2. The number of halogens is 2. The van der Waals surface area contributed by atoms with E-state index in [2.05, 4.69) is 10.0 Å². The summed E-state index contributed by atoms with van der Waals surface area (Å²) in [6.07, 6.45) is 3.01. The largest absolute Gasteiger partial charge is 0.322 e. The molecule has 0 aliphatic carbocycles. The van der Waals surface area contributed by atoms with E-state index in [4.69, 9.17) is 0 Å². The van der Waals surface area contributed by atoms with Crippen molar-refractivity contribution < 1.29 is 22.0 Å². The lowest BCUT2D eigenvalue weighted by Crippen LogP contribution is -2.11. The van der Waals surface area contributed by atoms with E-state index in [1.165, 1.54) is 18.2 Å². The van der Waals surface area contributed by atoms with Crippen molar-refractivity contribution in [3.63, 3.8) is 0 Å². The van der Waals surface area contributed by atoms with Crippen molar-refractivity contribution in [2.75, 3.05) is 16.3 Å². The van der Waals surface area contributed by atoms with Crippen LogP contribution in [0, 0.1) is 11.6 Å². The summed E-state index contributed by atoms with van der Waals surface area (Å²) in [4.78, 5) is 11.8. The van der Waals surface area contributed by atoms with Crippen LogP contribution in [0.2, 0.25) is 0 Å². The molecule has 0 atom stereocenters. The maximum absolute atomic E-state index is 13.5. The van der Waals surface area contributed by atoms with E-state index in [-0.39, 0.29) is 11.3 Å². The molecule has 8 heteroatoms. The van der Waals surface area contributed by atoms with Gasteiger partial charge >= 0.3 is 0 Å². The Bertz CT molecular complexity index is 876. The molecule has 2 N–H and O–H groups in total. The summed E-state index contributed by atoms with van der Waals surface area (Å²) in [5.41, 5.74) is 0.284. The number of carbonyl (C=O) groups is 1. The predicted octanol–water partition coefficient (Wildman–Crippen LogP) is 2.99. The van der Waals surface area contributed by atoms with E-state index < -0.39 is 27.6 Å². The van der Waals surface area contributed by atoms with Gasteiger partial charge in [-0.15, -0.1) is 0 Å². The number of nitrogens with one attached hydrogen (secondary N) is 2. The maximum atomic E-state index is 13.5. The van der Waals surface area contributed by atoms with Crippen molar-refractivity contribution in [3.05, 3.63) is 65.7 Å². The van der Waals surface area contributed by atoms with Crippen molar-refractivity contribution in [1.82, 2.24) is 0 Å². The number of hydrogen-bond donors (Lipinski definition) is 2. The van der Waals surface area contributed by atoms with Crippen LogP contribution in [0.1, 0.15) is 5.56 Å². The molecule has 0 bridgehead atoms. The number of sulfonamides is 1. The molecule has 0 unspecified atom stereocenters. The first-order valence-corrected chi connectivity index (χ1v) is 8.65. The van der Waals surface area contributed by atoms with E-state index in [1.807, 2.05) is 0 Å². The fraction of sp³-hybridized carbons (Fsp3) is 0.0625. The molecule has 2 aromatic rings. The van der Waals surface area contributed by atoms with Crippen LogP contribution in [0.15, 0.2) is 48.5 Å². The number of amides is 1. The number of hydrogen-bond acceptors (Lipinski definition) is 3. The molecule has 0 fully saturated rings. The topological polar surface area (TPSA) is 75.3 Å². The summed E-state index contributed by atoms with van der Waals surface area (Å²) < 4.78 is 51.5. The number of anilines is 2. The molecule has 1 amide bonds. The molecule has 0 heterocycles. The summed E-state index contributed by atoms with van der Waals surface area (Å²) >= 11 is 0. The Labute approximate surface area is 138 Å². The summed E-state index contributed by atoms with van der Waals surface area (Å²) in [5, 5.41) is 2.47. The fourth-order valence-corrected chi connectivity index (χ4v) is 2.44. The highest BCUT2D eigenvalue weighted by Crippen LogP contribution is 2.17. The van der Waals surface area contributed by atoms with Crippen molar-refractivity contribution in [1.29, 1.82) is 0 Å². The van der Waals surface area contributed by atoms with Gasteiger partial charge in [0.25, 0.3) is 0 Å². The van der Waals surface area contributed by atoms with E-state index in [0.29, 0.717) is 5.69 Å². The van der Waals surface area contributed by atoms with Gasteiger partial charge in [-0.3, -0.25) is 9.52 Å². The Morgan fingerprint density at radius 2 is 1.62 bits per heavy atom. The van der Waals surface area contributed by atoms with Gasteiger partial charge in [-0.05, 0) is 36.4 Å². The van der Waals surface area contributed by atoms with Gasteiger partial charge in [0.05, 0.1) is 11.9 Å². The quantitative estimate of drug-likeness (QED) is 0.813. The number of rotatable bonds is 5. The molecule has 0 spiro atoms. The maximum Gasteiger partial charge on any atom is 0.248 e. The summed E-state index contributed by atoms with van der Waals surface area (Å²) in [7, 11) is -3.44. The first kappa shape index (κ1) is 17.6. The normalized spacial score (nSPS) is 11.5. The van der Waals surface area contributed by atoms with Gasteiger partial charge in [0.2, 0.25) is 15.9 Å². The second-order valence-corrected chi connectivity index (χ2v) is 6.66.